The molecule has 0 aliphatic heterocycles. The number of ketones is 2. The predicted octanol–water partition coefficient (Wildman–Crippen LogP) is 6.96. The maximum absolute atomic E-state index is 13.5. The average molecular weight is 547 g/mol. The van der Waals surface area contributed by atoms with Crippen molar-refractivity contribution in [3.05, 3.63) is 124 Å². The van der Waals surface area contributed by atoms with Gasteiger partial charge in [-0.25, -0.2) is 4.99 Å². The van der Waals surface area contributed by atoms with Crippen LogP contribution >= 0.6 is 0 Å². The SMILES string of the molecule is O=C1CC(c2ccccc2)CC(=Nc2ccccc2O)/C1=C(\O)CCc1noc2c1C(=O)CC(c1ccccc1)C2. The Morgan fingerprint density at radius 3 is 2.10 bits per heavy atom. The first-order chi connectivity index (χ1) is 20.0. The Kier molecular flexibility index (Phi) is 7.33. The van der Waals surface area contributed by atoms with Gasteiger partial charge in [0.2, 0.25) is 0 Å². The van der Waals surface area contributed by atoms with Gasteiger partial charge in [-0.2, -0.15) is 0 Å². The first-order valence-corrected chi connectivity index (χ1v) is 13.9. The van der Waals surface area contributed by atoms with E-state index in [1.165, 1.54) is 6.07 Å². The summed E-state index contributed by atoms with van der Waals surface area (Å²) >= 11 is 0. The molecule has 2 atom stereocenters. The molecule has 2 N–H and O–H groups in total. The minimum atomic E-state index is -0.208. The normalized spacial score (nSPS) is 21.1. The maximum atomic E-state index is 13.5. The molecule has 0 spiro atoms. The fourth-order valence-corrected chi connectivity index (χ4v) is 5.92. The van der Waals surface area contributed by atoms with Gasteiger partial charge in [0.05, 0.1) is 22.5 Å². The number of phenols is 1. The molecule has 1 aromatic heterocycles. The van der Waals surface area contributed by atoms with Crippen molar-refractivity contribution in [2.75, 3.05) is 0 Å². The summed E-state index contributed by atoms with van der Waals surface area (Å²) in [5, 5.41) is 25.8. The second-order valence-corrected chi connectivity index (χ2v) is 10.7. The van der Waals surface area contributed by atoms with Crippen LogP contribution in [-0.2, 0) is 17.6 Å². The number of allylic oxidation sites excluding steroid dienone is 2. The molecule has 1 fully saturated rings. The van der Waals surface area contributed by atoms with Crippen LogP contribution in [0.3, 0.4) is 0 Å². The molecule has 7 nitrogen and oxygen atoms in total. The number of aliphatic hydroxyl groups excluding tert-OH is 1. The van der Waals surface area contributed by atoms with Crippen LogP contribution in [0.25, 0.3) is 0 Å². The van der Waals surface area contributed by atoms with Crippen molar-refractivity contribution in [1.82, 2.24) is 5.16 Å². The largest absolute Gasteiger partial charge is 0.511 e. The van der Waals surface area contributed by atoms with Crippen LogP contribution in [0.4, 0.5) is 5.69 Å². The van der Waals surface area contributed by atoms with Crippen molar-refractivity contribution >= 4 is 23.0 Å². The molecule has 1 heterocycles. The van der Waals surface area contributed by atoms with Gasteiger partial charge < -0.3 is 14.7 Å². The fraction of sp³-hybridized carbons (Fsp3) is 0.235. The first-order valence-electron chi connectivity index (χ1n) is 13.9. The highest BCUT2D eigenvalue weighted by molar-refractivity contribution is 6.25. The van der Waals surface area contributed by atoms with Crippen molar-refractivity contribution in [1.29, 1.82) is 0 Å². The molecular weight excluding hydrogens is 516 g/mol. The minimum Gasteiger partial charge on any atom is -0.511 e. The number of aromatic nitrogens is 1. The summed E-state index contributed by atoms with van der Waals surface area (Å²) in [5.74, 6) is 0.178. The van der Waals surface area contributed by atoms with Gasteiger partial charge >= 0.3 is 0 Å². The Labute approximate surface area is 237 Å². The number of aliphatic imine (C=N–C) groups is 1. The molecule has 0 radical (unpaired) electrons. The molecule has 2 aliphatic rings. The van der Waals surface area contributed by atoms with E-state index in [4.69, 9.17) is 4.52 Å². The predicted molar refractivity (Wildman–Crippen MR) is 155 cm³/mol. The summed E-state index contributed by atoms with van der Waals surface area (Å²) in [6.07, 6.45) is 1.97. The third kappa shape index (κ3) is 5.48. The number of hydrogen-bond donors (Lipinski definition) is 2. The molecular formula is C34H30N2O5. The van der Waals surface area contributed by atoms with E-state index in [-0.39, 0.29) is 59.7 Å². The molecule has 2 unspecified atom stereocenters. The van der Waals surface area contributed by atoms with Crippen molar-refractivity contribution in [2.45, 2.75) is 50.4 Å². The molecule has 0 amide bonds. The van der Waals surface area contributed by atoms with Crippen LogP contribution in [0.1, 0.15) is 70.5 Å². The molecule has 1 saturated carbocycles. The summed E-state index contributed by atoms with van der Waals surface area (Å²) in [6.45, 7) is 0. The van der Waals surface area contributed by atoms with Crippen LogP contribution in [-0.4, -0.2) is 32.6 Å². The summed E-state index contributed by atoms with van der Waals surface area (Å²) in [5.41, 5.74) is 4.04. The quantitative estimate of drug-likeness (QED) is 0.200. The second kappa shape index (κ2) is 11.4. The van der Waals surface area contributed by atoms with Gasteiger partial charge in [-0.05, 0) is 41.5 Å². The molecule has 41 heavy (non-hydrogen) atoms. The molecule has 3 aromatic carbocycles. The third-order valence-corrected chi connectivity index (χ3v) is 7.98. The number of aromatic hydroxyl groups is 1. The lowest BCUT2D eigenvalue weighted by molar-refractivity contribution is -0.116. The highest BCUT2D eigenvalue weighted by Gasteiger charge is 2.35. The molecule has 6 rings (SSSR count). The highest BCUT2D eigenvalue weighted by Crippen LogP contribution is 2.38. The van der Waals surface area contributed by atoms with Crippen molar-refractivity contribution in [2.24, 2.45) is 4.99 Å². The van der Waals surface area contributed by atoms with Crippen LogP contribution in [0.15, 0.2) is 106 Å². The standard InChI is InChI=1S/C34H30N2O5/c37-28-14-8-7-13-25(28)35-27-17-23(21-9-3-1-4-10-21)18-30(39)33(27)29(38)16-15-26-34-31(40)19-24(20-32(34)41-36-26)22-11-5-2-6-12-22/h1-14,23-24,37-38H,15-20H2/b33-29+,35-27?. The lowest BCUT2D eigenvalue weighted by Crippen LogP contribution is -2.26. The van der Waals surface area contributed by atoms with Gasteiger partial charge in [-0.3, -0.25) is 9.59 Å². The molecule has 0 saturated heterocycles. The molecule has 7 heteroatoms. The first kappa shape index (κ1) is 26.4. The van der Waals surface area contributed by atoms with Crippen LogP contribution in [0.5, 0.6) is 5.75 Å². The Morgan fingerprint density at radius 1 is 0.805 bits per heavy atom. The van der Waals surface area contributed by atoms with E-state index >= 15 is 0 Å². The minimum absolute atomic E-state index is 0.00494. The van der Waals surface area contributed by atoms with E-state index < -0.39 is 0 Å². The number of aliphatic hydroxyl groups is 1. The zero-order valence-electron chi connectivity index (χ0n) is 22.5. The smallest absolute Gasteiger partial charge is 0.168 e. The maximum Gasteiger partial charge on any atom is 0.168 e. The Morgan fingerprint density at radius 2 is 1.41 bits per heavy atom. The number of carbonyl (C=O) groups is 2. The number of hydrogen-bond acceptors (Lipinski definition) is 7. The van der Waals surface area contributed by atoms with Gasteiger partial charge in [0, 0.05) is 32.1 Å². The average Bonchev–Trinajstić information content (AvgIpc) is 3.41. The number of nitrogens with zero attached hydrogens (tertiary/aromatic N) is 2. The lowest BCUT2D eigenvalue weighted by atomic mass is 9.78. The number of Topliss-reactive ketones (excluding diaryl/α,β-unsaturated/α-hetero) is 2. The zero-order valence-corrected chi connectivity index (χ0v) is 22.5. The van der Waals surface area contributed by atoms with Crippen LogP contribution in [0.2, 0.25) is 0 Å². The van der Waals surface area contributed by atoms with Gasteiger partial charge in [-0.1, -0.05) is 78.0 Å². The van der Waals surface area contributed by atoms with Gasteiger partial charge in [0.1, 0.15) is 23.0 Å². The Bertz CT molecular complexity index is 1650. The summed E-state index contributed by atoms with van der Waals surface area (Å²) in [6, 6.07) is 26.3. The highest BCUT2D eigenvalue weighted by atomic mass is 16.5. The van der Waals surface area contributed by atoms with E-state index in [9.17, 15) is 19.8 Å². The molecule has 0 bridgehead atoms. The monoisotopic (exact) mass is 546 g/mol. The number of carbonyl (C=O) groups excluding carboxylic acids is 2. The second-order valence-electron chi connectivity index (χ2n) is 10.7. The van der Waals surface area contributed by atoms with Gasteiger partial charge in [0.15, 0.2) is 11.6 Å². The topological polar surface area (TPSA) is 113 Å². The fourth-order valence-electron chi connectivity index (χ4n) is 5.92. The Balaban J connectivity index is 1.27. The summed E-state index contributed by atoms with van der Waals surface area (Å²) in [4.78, 5) is 31.3. The molecule has 206 valence electrons. The molecule has 2 aliphatic carbocycles. The van der Waals surface area contributed by atoms with E-state index in [2.05, 4.69) is 10.1 Å². The van der Waals surface area contributed by atoms with E-state index in [1.54, 1.807) is 18.2 Å². The number of para-hydroxylation sites is 2. The number of phenolic OH excluding ortho intramolecular Hbond substituents is 1. The Hall–Kier alpha value is -4.78. The van der Waals surface area contributed by atoms with Crippen LogP contribution < -0.4 is 0 Å². The third-order valence-electron chi connectivity index (χ3n) is 7.98. The van der Waals surface area contributed by atoms with Gasteiger partial charge in [0.25, 0.3) is 0 Å². The number of aryl methyl sites for hydroxylation is 1. The number of benzene rings is 3. The van der Waals surface area contributed by atoms with Crippen LogP contribution in [0, 0.1) is 0 Å². The molecule has 4 aromatic rings. The van der Waals surface area contributed by atoms with Gasteiger partial charge in [-0.15, -0.1) is 0 Å². The van der Waals surface area contributed by atoms with E-state index in [0.29, 0.717) is 47.7 Å². The van der Waals surface area contributed by atoms with E-state index in [0.717, 1.165) is 11.1 Å². The van der Waals surface area contributed by atoms with E-state index in [1.807, 2.05) is 60.7 Å². The van der Waals surface area contributed by atoms with Crippen molar-refractivity contribution in [3.63, 3.8) is 0 Å². The van der Waals surface area contributed by atoms with Crippen molar-refractivity contribution < 1.29 is 24.3 Å². The zero-order chi connectivity index (χ0) is 28.3. The summed E-state index contributed by atoms with van der Waals surface area (Å²) in [7, 11) is 0. The van der Waals surface area contributed by atoms with Crippen molar-refractivity contribution in [3.8, 4) is 5.75 Å². The lowest BCUT2D eigenvalue weighted by Gasteiger charge is -2.26. The summed E-state index contributed by atoms with van der Waals surface area (Å²) < 4.78 is 5.60. The number of rotatable bonds is 6. The number of fused-ring (bicyclic) bond motifs is 1.